The van der Waals surface area contributed by atoms with E-state index >= 15 is 0 Å². The molecular weight excluding hydrogens is 164 g/mol. The Morgan fingerprint density at radius 3 is 1.75 bits per heavy atom. The molecule has 12 heavy (non-hydrogen) atoms. The number of nitrogens with two attached hydrogens (primary N) is 1. The molecule has 0 saturated carbocycles. The number of hydrogen-bond acceptors (Lipinski definition) is 4. The van der Waals surface area contributed by atoms with Gasteiger partial charge in [-0.05, 0) is 13.8 Å². The molecule has 0 radical (unpaired) electrons. The van der Waals surface area contributed by atoms with Crippen LogP contribution in [-0.4, -0.2) is 30.5 Å². The van der Waals surface area contributed by atoms with E-state index < -0.39 is 6.09 Å². The summed E-state index contributed by atoms with van der Waals surface area (Å²) in [5, 5.41) is 12.6. The van der Waals surface area contributed by atoms with Crippen LogP contribution < -0.4 is 5.73 Å². The standard InChI is InChI=1S/C4H10O.CH3NO2.CHNO/c1-3-5-4-2;2-1(3)4;2-1-3/h3-4H2,1-2H3;2H2,(H,3,4);2H. The maximum atomic E-state index is 8.78. The van der Waals surface area contributed by atoms with Gasteiger partial charge in [-0.25, -0.2) is 15.0 Å². The molecular formula is C6H14N2O4. The molecule has 72 valence electrons. The second kappa shape index (κ2) is 22.6. The molecule has 0 rings (SSSR count). The van der Waals surface area contributed by atoms with Gasteiger partial charge in [-0.15, -0.1) is 0 Å². The summed E-state index contributed by atoms with van der Waals surface area (Å²) in [5.41, 5.74) is 4.03. The minimum Gasteiger partial charge on any atom is -0.465 e. The number of isocyanates is 1. The fraction of sp³-hybridized carbons (Fsp3) is 0.667. The van der Waals surface area contributed by atoms with Crippen LogP contribution in [0.1, 0.15) is 13.8 Å². The Morgan fingerprint density at radius 1 is 1.58 bits per heavy atom. The van der Waals surface area contributed by atoms with Crippen LogP contribution in [0, 0.1) is 5.41 Å². The molecule has 1 amide bonds. The third kappa shape index (κ3) is 1340. The number of hydrogen-bond donors (Lipinski definition) is 3. The van der Waals surface area contributed by atoms with Gasteiger partial charge < -0.3 is 15.6 Å². The smallest absolute Gasteiger partial charge is 0.402 e. The highest BCUT2D eigenvalue weighted by atomic mass is 16.5. The van der Waals surface area contributed by atoms with Crippen molar-refractivity contribution < 1.29 is 19.4 Å². The molecule has 6 heteroatoms. The van der Waals surface area contributed by atoms with Gasteiger partial charge in [-0.2, -0.15) is 0 Å². The van der Waals surface area contributed by atoms with Crippen LogP contribution in [0.4, 0.5) is 4.79 Å². The van der Waals surface area contributed by atoms with E-state index in [0.29, 0.717) is 0 Å². The molecule has 0 unspecified atom stereocenters. The number of primary amides is 1. The predicted molar refractivity (Wildman–Crippen MR) is 42.8 cm³/mol. The molecule has 0 bridgehead atoms. The van der Waals surface area contributed by atoms with Crippen molar-refractivity contribution in [2.75, 3.05) is 13.2 Å². The summed E-state index contributed by atoms with van der Waals surface area (Å²) < 4.78 is 4.83. The fourth-order valence-electron chi connectivity index (χ4n) is 0.204. The number of ether oxygens (including phenoxy) is 1. The molecule has 0 aromatic heterocycles. The summed E-state index contributed by atoms with van der Waals surface area (Å²) in [6.07, 6.45) is -0.583. The van der Waals surface area contributed by atoms with Crippen LogP contribution in [0.25, 0.3) is 0 Å². The third-order valence-electron chi connectivity index (χ3n) is 0.408. The second-order valence-corrected chi connectivity index (χ2v) is 1.22. The first-order chi connectivity index (χ1) is 5.56. The highest BCUT2D eigenvalue weighted by Crippen LogP contribution is 1.64. The average molecular weight is 178 g/mol. The molecule has 0 spiro atoms. The zero-order valence-corrected chi connectivity index (χ0v) is 7.16. The van der Waals surface area contributed by atoms with E-state index in [0.717, 1.165) is 19.3 Å². The average Bonchev–Trinajstić information content (AvgIpc) is 1.89. The van der Waals surface area contributed by atoms with Gasteiger partial charge in [0, 0.05) is 13.2 Å². The Kier molecular flexibility index (Phi) is 31.9. The van der Waals surface area contributed by atoms with E-state index in [1.165, 1.54) is 0 Å². The van der Waals surface area contributed by atoms with Crippen molar-refractivity contribution >= 4 is 12.2 Å². The zero-order chi connectivity index (χ0) is 10.4. The van der Waals surface area contributed by atoms with Crippen LogP contribution in [0.5, 0.6) is 0 Å². The van der Waals surface area contributed by atoms with Gasteiger partial charge in [0.1, 0.15) is 0 Å². The molecule has 0 fully saturated rings. The van der Waals surface area contributed by atoms with Crippen molar-refractivity contribution in [3.8, 4) is 0 Å². The first-order valence-electron chi connectivity index (χ1n) is 3.16. The zero-order valence-electron chi connectivity index (χ0n) is 7.16. The third-order valence-corrected chi connectivity index (χ3v) is 0.408. The van der Waals surface area contributed by atoms with Gasteiger partial charge in [0.15, 0.2) is 0 Å². The number of carbonyl (C=O) groups excluding carboxylic acids is 1. The van der Waals surface area contributed by atoms with E-state index in [4.69, 9.17) is 24.8 Å². The minimum atomic E-state index is -1.33. The van der Waals surface area contributed by atoms with Gasteiger partial charge in [-0.3, -0.25) is 0 Å². The Balaban J connectivity index is -0.000000105. The lowest BCUT2D eigenvalue weighted by molar-refractivity contribution is 0.162. The lowest BCUT2D eigenvalue weighted by atomic mass is 10.8. The Labute approximate surface area is 70.8 Å². The fourth-order valence-corrected chi connectivity index (χ4v) is 0.204. The number of rotatable bonds is 2. The van der Waals surface area contributed by atoms with E-state index in [1.54, 1.807) is 0 Å². The second-order valence-electron chi connectivity index (χ2n) is 1.22. The monoisotopic (exact) mass is 178 g/mol. The van der Waals surface area contributed by atoms with Crippen molar-refractivity contribution in [3.05, 3.63) is 0 Å². The summed E-state index contributed by atoms with van der Waals surface area (Å²) in [4.78, 5) is 17.1. The Morgan fingerprint density at radius 2 is 1.75 bits per heavy atom. The van der Waals surface area contributed by atoms with Crippen LogP contribution in [0.15, 0.2) is 0 Å². The molecule has 0 aliphatic rings. The summed E-state index contributed by atoms with van der Waals surface area (Å²) in [7, 11) is 0. The Hall–Kier alpha value is -1.39. The maximum absolute atomic E-state index is 8.78. The first-order valence-corrected chi connectivity index (χ1v) is 3.16. The van der Waals surface area contributed by atoms with Crippen molar-refractivity contribution in [1.29, 1.82) is 5.41 Å². The highest BCUT2D eigenvalue weighted by molar-refractivity contribution is 5.61. The summed E-state index contributed by atoms with van der Waals surface area (Å²) >= 11 is 0. The minimum absolute atomic E-state index is 0.750. The molecule has 0 atom stereocenters. The van der Waals surface area contributed by atoms with Crippen molar-refractivity contribution in [3.63, 3.8) is 0 Å². The van der Waals surface area contributed by atoms with Gasteiger partial charge >= 0.3 is 6.09 Å². The van der Waals surface area contributed by atoms with Crippen molar-refractivity contribution in [2.24, 2.45) is 5.73 Å². The number of nitrogens with one attached hydrogen (secondary N) is 1. The summed E-state index contributed by atoms with van der Waals surface area (Å²) in [5.74, 6) is 0. The van der Waals surface area contributed by atoms with Crippen molar-refractivity contribution in [1.82, 2.24) is 0 Å². The number of carboxylic acid groups (broad SMARTS) is 1. The SMILES string of the molecule is CCOCC.N=C=O.NC(=O)O. The lowest BCUT2D eigenvalue weighted by Crippen LogP contribution is -2.03. The molecule has 0 aliphatic carbocycles. The highest BCUT2D eigenvalue weighted by Gasteiger charge is 1.65. The maximum Gasteiger partial charge on any atom is 0.402 e. The van der Waals surface area contributed by atoms with Crippen LogP contribution >= 0.6 is 0 Å². The van der Waals surface area contributed by atoms with Crippen LogP contribution in [0.2, 0.25) is 0 Å². The Bertz CT molecular complexity index is 115. The predicted octanol–water partition coefficient (Wildman–Crippen LogP) is 0.567. The number of carbonyl (C=O) groups is 1. The molecule has 0 aromatic carbocycles. The topological polar surface area (TPSA) is 113 Å². The molecule has 0 aliphatic heterocycles. The normalized spacial score (nSPS) is 6.17. The summed E-state index contributed by atoms with van der Waals surface area (Å²) in [6.45, 7) is 5.67. The molecule has 0 aromatic rings. The molecule has 0 saturated heterocycles. The van der Waals surface area contributed by atoms with E-state index in [1.807, 2.05) is 13.8 Å². The quantitative estimate of drug-likeness (QED) is 0.423. The van der Waals surface area contributed by atoms with Gasteiger partial charge in [-0.1, -0.05) is 0 Å². The van der Waals surface area contributed by atoms with Gasteiger partial charge in [0.2, 0.25) is 6.08 Å². The lowest BCUT2D eigenvalue weighted by Gasteiger charge is -1.86. The van der Waals surface area contributed by atoms with E-state index in [-0.39, 0.29) is 0 Å². The first kappa shape index (κ1) is 16.9. The van der Waals surface area contributed by atoms with Crippen LogP contribution in [-0.2, 0) is 9.53 Å². The largest absolute Gasteiger partial charge is 0.465 e. The van der Waals surface area contributed by atoms with Crippen molar-refractivity contribution in [2.45, 2.75) is 13.8 Å². The van der Waals surface area contributed by atoms with Crippen LogP contribution in [0.3, 0.4) is 0 Å². The molecule has 0 heterocycles. The van der Waals surface area contributed by atoms with E-state index in [9.17, 15) is 0 Å². The van der Waals surface area contributed by atoms with Gasteiger partial charge in [0.05, 0.1) is 0 Å². The number of amides is 1. The molecule has 6 nitrogen and oxygen atoms in total. The van der Waals surface area contributed by atoms with E-state index in [2.05, 4.69) is 5.73 Å². The van der Waals surface area contributed by atoms with Gasteiger partial charge in [0.25, 0.3) is 0 Å². The molecule has 4 N–H and O–H groups in total. The summed E-state index contributed by atoms with van der Waals surface area (Å²) in [6, 6.07) is 0.